The molecule has 1 heteroatoms. The van der Waals surface area contributed by atoms with Gasteiger partial charge in [0.25, 0.3) is 0 Å². The Balaban J connectivity index is 2.18. The van der Waals surface area contributed by atoms with Gasteiger partial charge in [-0.25, -0.2) is 0 Å². The Morgan fingerprint density at radius 1 is 0.769 bits per heavy atom. The summed E-state index contributed by atoms with van der Waals surface area (Å²) in [5.74, 6) is 0.822. The van der Waals surface area contributed by atoms with Crippen molar-refractivity contribution in [2.45, 2.75) is 64.2 Å². The lowest BCUT2D eigenvalue weighted by Gasteiger charge is -2.17. The van der Waals surface area contributed by atoms with Crippen LogP contribution in [-0.4, -0.2) is 11.7 Å². The van der Waals surface area contributed by atoms with Gasteiger partial charge in [-0.05, 0) is 12.3 Å². The highest BCUT2D eigenvalue weighted by molar-refractivity contribution is 4.62. The first-order valence-corrected chi connectivity index (χ1v) is 6.04. The molecule has 0 atom stereocenters. The molecule has 0 aromatic carbocycles. The van der Waals surface area contributed by atoms with Crippen LogP contribution in [0.25, 0.3) is 0 Å². The highest BCUT2D eigenvalue weighted by atomic mass is 16.3. The van der Waals surface area contributed by atoms with E-state index in [1.54, 1.807) is 0 Å². The van der Waals surface area contributed by atoms with Crippen LogP contribution in [0.3, 0.4) is 0 Å². The molecule has 0 bridgehead atoms. The van der Waals surface area contributed by atoms with E-state index in [1.807, 2.05) is 0 Å². The maximum Gasteiger partial charge on any atom is 0.0433 e. The summed E-state index contributed by atoms with van der Waals surface area (Å²) in [5.41, 5.74) is 0. The Hall–Kier alpha value is -0.0400. The lowest BCUT2D eigenvalue weighted by Crippen LogP contribution is -2.04. The molecule has 0 aromatic heterocycles. The summed E-state index contributed by atoms with van der Waals surface area (Å²) in [6.45, 7) is 0.394. The Bertz CT molecular complexity index is 102. The smallest absolute Gasteiger partial charge is 0.0433 e. The number of aliphatic hydroxyl groups is 1. The van der Waals surface area contributed by atoms with Crippen LogP contribution in [0.2, 0.25) is 0 Å². The maximum absolute atomic E-state index is 8.91. The van der Waals surface area contributed by atoms with Gasteiger partial charge in [0.15, 0.2) is 0 Å². The summed E-state index contributed by atoms with van der Waals surface area (Å²) in [4.78, 5) is 0. The highest BCUT2D eigenvalue weighted by Crippen LogP contribution is 2.23. The summed E-state index contributed by atoms with van der Waals surface area (Å²) in [6.07, 6.45) is 13.7. The Labute approximate surface area is 82.5 Å². The minimum atomic E-state index is 0.394. The summed E-state index contributed by atoms with van der Waals surface area (Å²) >= 11 is 0. The molecule has 1 saturated carbocycles. The summed E-state index contributed by atoms with van der Waals surface area (Å²) in [5, 5.41) is 8.91. The molecule has 1 aliphatic rings. The average Bonchev–Trinajstić information content (AvgIpc) is 2.16. The average molecular weight is 184 g/mol. The van der Waals surface area contributed by atoms with E-state index in [9.17, 15) is 0 Å². The standard InChI is InChI=1S/C12H24O/c13-11-10-12-8-6-4-2-1-3-5-7-9-12/h12-13H,1-11H2. The van der Waals surface area contributed by atoms with Gasteiger partial charge >= 0.3 is 0 Å². The number of hydrogen-bond acceptors (Lipinski definition) is 1. The van der Waals surface area contributed by atoms with Gasteiger partial charge in [0.2, 0.25) is 0 Å². The molecule has 78 valence electrons. The summed E-state index contributed by atoms with van der Waals surface area (Å²) < 4.78 is 0. The molecule has 0 aromatic rings. The lowest BCUT2D eigenvalue weighted by molar-refractivity contribution is 0.240. The van der Waals surface area contributed by atoms with Crippen molar-refractivity contribution in [1.29, 1.82) is 0 Å². The molecule has 0 radical (unpaired) electrons. The second kappa shape index (κ2) is 7.37. The van der Waals surface area contributed by atoms with Crippen LogP contribution in [-0.2, 0) is 0 Å². The van der Waals surface area contributed by atoms with Crippen molar-refractivity contribution < 1.29 is 5.11 Å². The van der Waals surface area contributed by atoms with E-state index in [-0.39, 0.29) is 0 Å². The van der Waals surface area contributed by atoms with Crippen LogP contribution in [0.4, 0.5) is 0 Å². The highest BCUT2D eigenvalue weighted by Gasteiger charge is 2.08. The monoisotopic (exact) mass is 184 g/mol. The topological polar surface area (TPSA) is 20.2 Å². The molecular weight excluding hydrogens is 160 g/mol. The van der Waals surface area contributed by atoms with E-state index in [0.717, 1.165) is 12.3 Å². The third-order valence-corrected chi connectivity index (χ3v) is 3.26. The maximum atomic E-state index is 8.91. The van der Waals surface area contributed by atoms with Gasteiger partial charge in [0.1, 0.15) is 0 Å². The van der Waals surface area contributed by atoms with Crippen molar-refractivity contribution in [3.63, 3.8) is 0 Å². The van der Waals surface area contributed by atoms with E-state index < -0.39 is 0 Å². The fraction of sp³-hybridized carbons (Fsp3) is 1.00. The van der Waals surface area contributed by atoms with Gasteiger partial charge < -0.3 is 5.11 Å². The van der Waals surface area contributed by atoms with Crippen LogP contribution in [0, 0.1) is 5.92 Å². The molecule has 1 fully saturated rings. The summed E-state index contributed by atoms with van der Waals surface area (Å²) in [7, 11) is 0. The molecule has 13 heavy (non-hydrogen) atoms. The molecule has 1 nitrogen and oxygen atoms in total. The lowest BCUT2D eigenvalue weighted by atomic mass is 9.90. The fourth-order valence-corrected chi connectivity index (χ4v) is 2.37. The zero-order chi connectivity index (χ0) is 9.36. The van der Waals surface area contributed by atoms with Crippen molar-refractivity contribution in [2.24, 2.45) is 5.92 Å². The third kappa shape index (κ3) is 5.30. The van der Waals surface area contributed by atoms with Gasteiger partial charge in [-0.3, -0.25) is 0 Å². The van der Waals surface area contributed by atoms with E-state index in [4.69, 9.17) is 5.11 Å². The first-order valence-electron chi connectivity index (χ1n) is 6.04. The molecule has 0 aliphatic heterocycles. The molecule has 0 amide bonds. The minimum absolute atomic E-state index is 0.394. The predicted molar refractivity (Wildman–Crippen MR) is 56.7 cm³/mol. The molecule has 0 saturated heterocycles. The van der Waals surface area contributed by atoms with Gasteiger partial charge in [0.05, 0.1) is 0 Å². The second-order valence-corrected chi connectivity index (χ2v) is 4.43. The largest absolute Gasteiger partial charge is 0.396 e. The normalized spacial score (nSPS) is 22.8. The van der Waals surface area contributed by atoms with Crippen molar-refractivity contribution in [3.8, 4) is 0 Å². The zero-order valence-electron chi connectivity index (χ0n) is 8.80. The molecular formula is C12H24O. The van der Waals surface area contributed by atoms with Crippen LogP contribution < -0.4 is 0 Å². The zero-order valence-corrected chi connectivity index (χ0v) is 8.80. The minimum Gasteiger partial charge on any atom is -0.396 e. The SMILES string of the molecule is OCCC1CCCCCCCCC1. The van der Waals surface area contributed by atoms with Crippen LogP contribution in [0.1, 0.15) is 64.2 Å². The van der Waals surface area contributed by atoms with E-state index >= 15 is 0 Å². The Morgan fingerprint density at radius 2 is 1.23 bits per heavy atom. The second-order valence-electron chi connectivity index (χ2n) is 4.43. The van der Waals surface area contributed by atoms with E-state index in [1.165, 1.54) is 57.8 Å². The molecule has 1 N–H and O–H groups in total. The van der Waals surface area contributed by atoms with Crippen molar-refractivity contribution >= 4 is 0 Å². The van der Waals surface area contributed by atoms with Gasteiger partial charge in [-0.15, -0.1) is 0 Å². The van der Waals surface area contributed by atoms with Gasteiger partial charge in [0, 0.05) is 6.61 Å². The van der Waals surface area contributed by atoms with E-state index in [2.05, 4.69) is 0 Å². The first kappa shape index (κ1) is 11.0. The van der Waals surface area contributed by atoms with Crippen molar-refractivity contribution in [1.82, 2.24) is 0 Å². The van der Waals surface area contributed by atoms with Gasteiger partial charge in [-0.1, -0.05) is 57.8 Å². The molecule has 0 heterocycles. The Kier molecular flexibility index (Phi) is 6.26. The summed E-state index contributed by atoms with van der Waals surface area (Å²) in [6, 6.07) is 0. The number of aliphatic hydroxyl groups excluding tert-OH is 1. The molecule has 0 spiro atoms. The van der Waals surface area contributed by atoms with Crippen molar-refractivity contribution in [2.75, 3.05) is 6.61 Å². The van der Waals surface area contributed by atoms with Gasteiger partial charge in [-0.2, -0.15) is 0 Å². The van der Waals surface area contributed by atoms with E-state index in [0.29, 0.717) is 6.61 Å². The van der Waals surface area contributed by atoms with Crippen LogP contribution in [0.5, 0.6) is 0 Å². The molecule has 1 aliphatic carbocycles. The first-order chi connectivity index (χ1) is 6.43. The molecule has 1 rings (SSSR count). The number of hydrogen-bond donors (Lipinski definition) is 1. The predicted octanol–water partition coefficient (Wildman–Crippen LogP) is 3.51. The quantitative estimate of drug-likeness (QED) is 0.696. The Morgan fingerprint density at radius 3 is 1.69 bits per heavy atom. The third-order valence-electron chi connectivity index (χ3n) is 3.26. The fourth-order valence-electron chi connectivity index (χ4n) is 2.37. The van der Waals surface area contributed by atoms with Crippen LogP contribution in [0.15, 0.2) is 0 Å². The van der Waals surface area contributed by atoms with Crippen molar-refractivity contribution in [3.05, 3.63) is 0 Å². The molecule has 0 unspecified atom stereocenters. The van der Waals surface area contributed by atoms with Crippen LogP contribution >= 0.6 is 0 Å². The number of rotatable bonds is 2.